The summed E-state index contributed by atoms with van der Waals surface area (Å²) in [6.45, 7) is 0.380. The molecule has 0 bridgehead atoms. The van der Waals surface area contributed by atoms with E-state index in [-0.39, 0.29) is 32.9 Å². The van der Waals surface area contributed by atoms with E-state index >= 15 is 0 Å². The number of hydrogen-bond acceptors (Lipinski definition) is 4. The monoisotopic (exact) mass is 284 g/mol. The van der Waals surface area contributed by atoms with Gasteiger partial charge < -0.3 is 20.5 Å². The first-order valence-corrected chi connectivity index (χ1v) is 6.13. The summed E-state index contributed by atoms with van der Waals surface area (Å²) in [4.78, 5) is 22.8. The van der Waals surface area contributed by atoms with Crippen molar-refractivity contribution in [3.63, 3.8) is 0 Å². The molecule has 0 saturated heterocycles. The number of hydrogen-bond donors (Lipinski definition) is 3. The molecule has 1 aromatic carbocycles. The topological polar surface area (TPSA) is 87.7 Å². The number of halogens is 1. The molecule has 0 heterocycles. The zero-order chi connectivity index (χ0) is 14.8. The van der Waals surface area contributed by atoms with E-state index in [4.69, 9.17) is 9.84 Å². The van der Waals surface area contributed by atoms with Crippen molar-refractivity contribution in [1.29, 1.82) is 0 Å². The van der Waals surface area contributed by atoms with Gasteiger partial charge in [-0.25, -0.2) is 4.39 Å². The highest BCUT2D eigenvalue weighted by atomic mass is 19.1. The Balaban J connectivity index is 2.25. The van der Waals surface area contributed by atoms with Crippen LogP contribution in [0.25, 0.3) is 0 Å². The quantitative estimate of drug-likeness (QED) is 0.468. The van der Waals surface area contributed by atoms with Crippen LogP contribution in [0.4, 0.5) is 4.39 Å². The summed E-state index contributed by atoms with van der Waals surface area (Å²) >= 11 is 0. The second kappa shape index (κ2) is 9.00. The zero-order valence-corrected chi connectivity index (χ0v) is 10.9. The number of ether oxygens (including phenoxy) is 1. The fourth-order valence-electron chi connectivity index (χ4n) is 1.38. The van der Waals surface area contributed by atoms with Crippen molar-refractivity contribution in [3.8, 4) is 0 Å². The van der Waals surface area contributed by atoms with E-state index in [2.05, 4.69) is 10.6 Å². The van der Waals surface area contributed by atoms with Gasteiger partial charge in [0, 0.05) is 18.7 Å². The third kappa shape index (κ3) is 5.77. The highest BCUT2D eigenvalue weighted by Crippen LogP contribution is 2.05. The van der Waals surface area contributed by atoms with Crippen molar-refractivity contribution in [1.82, 2.24) is 10.6 Å². The van der Waals surface area contributed by atoms with Crippen LogP contribution in [0.5, 0.6) is 0 Å². The van der Waals surface area contributed by atoms with Gasteiger partial charge in [-0.05, 0) is 6.07 Å². The van der Waals surface area contributed by atoms with E-state index in [9.17, 15) is 14.0 Å². The highest BCUT2D eigenvalue weighted by Gasteiger charge is 2.12. The van der Waals surface area contributed by atoms with E-state index in [1.54, 1.807) is 12.1 Å². The van der Waals surface area contributed by atoms with Crippen LogP contribution in [-0.4, -0.2) is 43.3 Å². The van der Waals surface area contributed by atoms with Gasteiger partial charge in [-0.1, -0.05) is 18.2 Å². The Morgan fingerprint density at radius 2 is 1.85 bits per heavy atom. The number of benzene rings is 1. The number of aliphatic hydroxyl groups is 1. The summed E-state index contributed by atoms with van der Waals surface area (Å²) in [6, 6.07) is 5.99. The first-order chi connectivity index (χ1) is 9.65. The Bertz CT molecular complexity index is 454. The van der Waals surface area contributed by atoms with Crippen LogP contribution in [0.2, 0.25) is 0 Å². The van der Waals surface area contributed by atoms with Crippen LogP contribution >= 0.6 is 0 Å². The fourth-order valence-corrected chi connectivity index (χ4v) is 1.38. The predicted octanol–water partition coefficient (Wildman–Crippen LogP) is -0.433. The van der Waals surface area contributed by atoms with Gasteiger partial charge in [0.1, 0.15) is 5.82 Å². The minimum absolute atomic E-state index is 0.0556. The molecule has 0 aliphatic rings. The molecule has 20 heavy (non-hydrogen) atoms. The number of carbonyl (C=O) groups excluding carboxylic acids is 2. The van der Waals surface area contributed by atoms with E-state index in [1.165, 1.54) is 12.1 Å². The molecule has 0 spiro atoms. The molecular formula is C13H17FN2O4. The lowest BCUT2D eigenvalue weighted by Crippen LogP contribution is -2.40. The Morgan fingerprint density at radius 3 is 2.55 bits per heavy atom. The molecule has 7 heteroatoms. The lowest BCUT2D eigenvalue weighted by atomic mass is 10.2. The minimum atomic E-state index is -0.838. The van der Waals surface area contributed by atoms with Crippen LogP contribution in [0, 0.1) is 5.82 Å². The van der Waals surface area contributed by atoms with Gasteiger partial charge in [0.25, 0.3) is 0 Å². The summed E-state index contributed by atoms with van der Waals surface area (Å²) in [7, 11) is 0. The molecule has 0 fully saturated rings. The van der Waals surface area contributed by atoms with Gasteiger partial charge >= 0.3 is 11.8 Å². The van der Waals surface area contributed by atoms with Gasteiger partial charge in [0.2, 0.25) is 0 Å². The number of carbonyl (C=O) groups is 2. The third-order valence-electron chi connectivity index (χ3n) is 2.37. The Hall–Kier alpha value is -1.99. The Morgan fingerprint density at radius 1 is 1.15 bits per heavy atom. The minimum Gasteiger partial charge on any atom is -0.394 e. The largest absolute Gasteiger partial charge is 0.394 e. The number of amides is 2. The molecule has 6 nitrogen and oxygen atoms in total. The molecule has 0 radical (unpaired) electrons. The summed E-state index contributed by atoms with van der Waals surface area (Å²) in [6.07, 6.45) is 0. The average Bonchev–Trinajstić information content (AvgIpc) is 2.45. The standard InChI is InChI=1S/C13H17FN2O4/c14-11-4-2-1-3-10(11)9-16-13(19)12(18)15-5-7-20-8-6-17/h1-4,17H,5-9H2,(H,15,18)(H,16,19). The van der Waals surface area contributed by atoms with Crippen molar-refractivity contribution in [2.24, 2.45) is 0 Å². The van der Waals surface area contributed by atoms with E-state index < -0.39 is 17.6 Å². The lowest BCUT2D eigenvalue weighted by Gasteiger charge is -2.07. The van der Waals surface area contributed by atoms with Crippen LogP contribution in [0.3, 0.4) is 0 Å². The van der Waals surface area contributed by atoms with Crippen molar-refractivity contribution in [3.05, 3.63) is 35.6 Å². The number of rotatable bonds is 7. The maximum absolute atomic E-state index is 13.3. The van der Waals surface area contributed by atoms with Gasteiger partial charge in [0.15, 0.2) is 0 Å². The lowest BCUT2D eigenvalue weighted by molar-refractivity contribution is -0.139. The molecule has 0 aliphatic heterocycles. The molecule has 0 saturated carbocycles. The molecule has 0 aliphatic carbocycles. The molecule has 0 aromatic heterocycles. The maximum atomic E-state index is 13.3. The summed E-state index contributed by atoms with van der Waals surface area (Å²) in [5, 5.41) is 13.1. The summed E-state index contributed by atoms with van der Waals surface area (Å²) < 4.78 is 18.2. The number of nitrogens with one attached hydrogen (secondary N) is 2. The first-order valence-electron chi connectivity index (χ1n) is 6.13. The van der Waals surface area contributed by atoms with Crippen LogP contribution in [-0.2, 0) is 20.9 Å². The average molecular weight is 284 g/mol. The van der Waals surface area contributed by atoms with Crippen molar-refractivity contribution in [2.45, 2.75) is 6.54 Å². The fraction of sp³-hybridized carbons (Fsp3) is 0.385. The van der Waals surface area contributed by atoms with Crippen LogP contribution in [0.1, 0.15) is 5.56 Å². The Labute approximate surface area is 115 Å². The van der Waals surface area contributed by atoms with Crippen molar-refractivity contribution >= 4 is 11.8 Å². The number of aliphatic hydroxyl groups excluding tert-OH is 1. The van der Waals surface area contributed by atoms with Crippen molar-refractivity contribution in [2.75, 3.05) is 26.4 Å². The summed E-state index contributed by atoms with van der Waals surface area (Å²) in [5.41, 5.74) is 0.305. The molecule has 2 amide bonds. The summed E-state index contributed by atoms with van der Waals surface area (Å²) in [5.74, 6) is -2.09. The van der Waals surface area contributed by atoms with Crippen LogP contribution in [0.15, 0.2) is 24.3 Å². The van der Waals surface area contributed by atoms with E-state index in [0.29, 0.717) is 5.56 Å². The van der Waals surface area contributed by atoms with Gasteiger partial charge in [-0.2, -0.15) is 0 Å². The molecule has 1 aromatic rings. The zero-order valence-electron chi connectivity index (χ0n) is 10.9. The van der Waals surface area contributed by atoms with Gasteiger partial charge in [-0.3, -0.25) is 9.59 Å². The van der Waals surface area contributed by atoms with Crippen molar-refractivity contribution < 1.29 is 23.8 Å². The Kier molecular flexibility index (Phi) is 7.23. The van der Waals surface area contributed by atoms with E-state index in [0.717, 1.165) is 0 Å². The molecule has 0 unspecified atom stereocenters. The van der Waals surface area contributed by atoms with E-state index in [1.807, 2.05) is 0 Å². The predicted molar refractivity (Wildman–Crippen MR) is 69.2 cm³/mol. The van der Waals surface area contributed by atoms with Crippen LogP contribution < -0.4 is 10.6 Å². The molecule has 3 N–H and O–H groups in total. The molecule has 0 atom stereocenters. The normalized spacial score (nSPS) is 10.1. The SMILES string of the molecule is O=C(NCCOCCO)C(=O)NCc1ccccc1F. The molecular weight excluding hydrogens is 267 g/mol. The molecule has 1 rings (SSSR count). The third-order valence-corrected chi connectivity index (χ3v) is 2.37. The van der Waals surface area contributed by atoms with Gasteiger partial charge in [0.05, 0.1) is 19.8 Å². The second-order valence-corrected chi connectivity index (χ2v) is 3.87. The first kappa shape index (κ1) is 16.1. The second-order valence-electron chi connectivity index (χ2n) is 3.87. The highest BCUT2D eigenvalue weighted by molar-refractivity contribution is 6.35. The molecule has 110 valence electrons. The van der Waals surface area contributed by atoms with Gasteiger partial charge in [-0.15, -0.1) is 0 Å². The smallest absolute Gasteiger partial charge is 0.309 e. The maximum Gasteiger partial charge on any atom is 0.309 e.